The SMILES string of the molecule is Cc1ccc(NC(=O)C(Cc2ccccc2)n2cnnn2)cc1Cl. The second kappa shape index (κ2) is 7.23. The molecule has 1 aromatic heterocycles. The number of aromatic nitrogens is 4. The minimum absolute atomic E-state index is 0.203. The van der Waals surface area contributed by atoms with E-state index < -0.39 is 6.04 Å². The second-order valence-electron chi connectivity index (χ2n) is 5.45. The van der Waals surface area contributed by atoms with Crippen LogP contribution >= 0.6 is 11.6 Å². The van der Waals surface area contributed by atoms with Gasteiger partial charge < -0.3 is 5.32 Å². The Morgan fingerprint density at radius 3 is 2.71 bits per heavy atom. The normalized spacial score (nSPS) is 11.9. The fraction of sp³-hybridized carbons (Fsp3) is 0.176. The molecule has 3 aromatic rings. The standard InChI is InChI=1S/C17H16ClN5O/c1-12-7-8-14(10-15(12)18)20-17(24)16(23-11-19-21-22-23)9-13-5-3-2-4-6-13/h2-8,10-11,16H,9H2,1H3,(H,20,24). The van der Waals surface area contributed by atoms with Gasteiger partial charge in [-0.3, -0.25) is 4.79 Å². The van der Waals surface area contributed by atoms with E-state index in [1.165, 1.54) is 11.0 Å². The molecule has 2 aromatic carbocycles. The molecule has 1 N–H and O–H groups in total. The number of carbonyl (C=O) groups is 1. The summed E-state index contributed by atoms with van der Waals surface area (Å²) < 4.78 is 1.46. The van der Waals surface area contributed by atoms with Crippen LogP contribution in [0.1, 0.15) is 17.2 Å². The summed E-state index contributed by atoms with van der Waals surface area (Å²) in [5.41, 5.74) is 2.62. The molecule has 0 spiro atoms. The van der Waals surface area contributed by atoms with Crippen LogP contribution in [0, 0.1) is 6.92 Å². The minimum atomic E-state index is -0.553. The molecule has 7 heteroatoms. The fourth-order valence-electron chi connectivity index (χ4n) is 2.35. The average molecular weight is 342 g/mol. The lowest BCUT2D eigenvalue weighted by Crippen LogP contribution is -2.28. The topological polar surface area (TPSA) is 72.7 Å². The maximum absolute atomic E-state index is 12.7. The van der Waals surface area contributed by atoms with E-state index >= 15 is 0 Å². The molecule has 0 saturated carbocycles. The number of nitrogens with one attached hydrogen (secondary N) is 1. The molecule has 0 fully saturated rings. The number of anilines is 1. The van der Waals surface area contributed by atoms with Crippen LogP contribution in [-0.2, 0) is 11.2 Å². The summed E-state index contributed by atoms with van der Waals surface area (Å²) in [5.74, 6) is -0.203. The minimum Gasteiger partial charge on any atom is -0.324 e. The Morgan fingerprint density at radius 2 is 2.04 bits per heavy atom. The first-order chi connectivity index (χ1) is 11.6. The van der Waals surface area contributed by atoms with Crippen LogP contribution in [0.15, 0.2) is 54.9 Å². The van der Waals surface area contributed by atoms with Crippen LogP contribution < -0.4 is 5.32 Å². The van der Waals surface area contributed by atoms with E-state index in [1.54, 1.807) is 6.07 Å². The highest BCUT2D eigenvalue weighted by molar-refractivity contribution is 6.31. The molecule has 0 bridgehead atoms. The molecule has 24 heavy (non-hydrogen) atoms. The highest BCUT2D eigenvalue weighted by Gasteiger charge is 2.22. The molecule has 1 unspecified atom stereocenters. The zero-order valence-electron chi connectivity index (χ0n) is 13.1. The highest BCUT2D eigenvalue weighted by atomic mass is 35.5. The average Bonchev–Trinajstić information content (AvgIpc) is 3.11. The number of nitrogens with zero attached hydrogens (tertiary/aromatic N) is 4. The Labute approximate surface area is 144 Å². The number of carbonyl (C=O) groups excluding carboxylic acids is 1. The lowest BCUT2D eigenvalue weighted by Gasteiger charge is -2.16. The molecular formula is C17H16ClN5O. The maximum Gasteiger partial charge on any atom is 0.249 e. The third-order valence-electron chi connectivity index (χ3n) is 3.70. The van der Waals surface area contributed by atoms with Crippen molar-refractivity contribution in [1.82, 2.24) is 20.2 Å². The van der Waals surface area contributed by atoms with Crippen molar-refractivity contribution in [2.45, 2.75) is 19.4 Å². The van der Waals surface area contributed by atoms with Crippen molar-refractivity contribution in [3.8, 4) is 0 Å². The number of hydrogen-bond donors (Lipinski definition) is 1. The van der Waals surface area contributed by atoms with Gasteiger partial charge in [0.05, 0.1) is 0 Å². The third-order valence-corrected chi connectivity index (χ3v) is 4.11. The van der Waals surface area contributed by atoms with Gasteiger partial charge in [-0.25, -0.2) is 4.68 Å². The van der Waals surface area contributed by atoms with Gasteiger partial charge >= 0.3 is 0 Å². The molecule has 0 aliphatic carbocycles. The first kappa shape index (κ1) is 16.1. The largest absolute Gasteiger partial charge is 0.324 e. The number of aryl methyl sites for hydroxylation is 1. The summed E-state index contributed by atoms with van der Waals surface area (Å²) in [6, 6.07) is 14.6. The smallest absolute Gasteiger partial charge is 0.249 e. The maximum atomic E-state index is 12.7. The molecule has 6 nitrogen and oxygen atoms in total. The van der Waals surface area contributed by atoms with Crippen molar-refractivity contribution >= 4 is 23.2 Å². The summed E-state index contributed by atoms with van der Waals surface area (Å²) in [7, 11) is 0. The number of tetrazole rings is 1. The number of halogens is 1. The Balaban J connectivity index is 1.82. The lowest BCUT2D eigenvalue weighted by molar-refractivity contribution is -0.119. The van der Waals surface area contributed by atoms with Gasteiger partial charge in [0.1, 0.15) is 12.4 Å². The van der Waals surface area contributed by atoms with E-state index in [4.69, 9.17) is 11.6 Å². The highest BCUT2D eigenvalue weighted by Crippen LogP contribution is 2.22. The van der Waals surface area contributed by atoms with Crippen LogP contribution in [0.3, 0.4) is 0 Å². The third kappa shape index (κ3) is 3.78. The number of rotatable bonds is 5. The van der Waals surface area contributed by atoms with Crippen LogP contribution in [0.5, 0.6) is 0 Å². The van der Waals surface area contributed by atoms with E-state index in [1.807, 2.05) is 49.4 Å². The zero-order valence-corrected chi connectivity index (χ0v) is 13.8. The van der Waals surface area contributed by atoms with Crippen molar-refractivity contribution < 1.29 is 4.79 Å². The summed E-state index contributed by atoms with van der Waals surface area (Å²) in [6.45, 7) is 1.91. The van der Waals surface area contributed by atoms with Gasteiger partial charge in [0, 0.05) is 17.1 Å². The van der Waals surface area contributed by atoms with Crippen molar-refractivity contribution in [2.75, 3.05) is 5.32 Å². The first-order valence-corrected chi connectivity index (χ1v) is 7.84. The summed E-state index contributed by atoms with van der Waals surface area (Å²) in [4.78, 5) is 12.7. The summed E-state index contributed by atoms with van der Waals surface area (Å²) >= 11 is 6.12. The van der Waals surface area contributed by atoms with Gasteiger partial charge in [-0.05, 0) is 40.6 Å². The van der Waals surface area contributed by atoms with Crippen molar-refractivity contribution in [2.24, 2.45) is 0 Å². The van der Waals surface area contributed by atoms with Gasteiger partial charge in [0.2, 0.25) is 5.91 Å². The van der Waals surface area contributed by atoms with E-state index in [0.717, 1.165) is 11.1 Å². The molecule has 1 atom stereocenters. The van der Waals surface area contributed by atoms with E-state index in [-0.39, 0.29) is 5.91 Å². The quantitative estimate of drug-likeness (QED) is 0.774. The molecule has 0 radical (unpaired) electrons. The van der Waals surface area contributed by atoms with Gasteiger partial charge in [0.15, 0.2) is 0 Å². The number of hydrogen-bond acceptors (Lipinski definition) is 4. The van der Waals surface area contributed by atoms with Crippen LogP contribution in [0.2, 0.25) is 5.02 Å². The molecule has 0 aliphatic rings. The fourth-order valence-corrected chi connectivity index (χ4v) is 2.53. The molecule has 0 saturated heterocycles. The monoisotopic (exact) mass is 341 g/mol. The predicted molar refractivity (Wildman–Crippen MR) is 91.8 cm³/mol. The Kier molecular flexibility index (Phi) is 4.86. The Morgan fingerprint density at radius 1 is 1.25 bits per heavy atom. The Hall–Kier alpha value is -2.73. The molecule has 122 valence electrons. The van der Waals surface area contributed by atoms with E-state index in [9.17, 15) is 4.79 Å². The molecule has 0 aliphatic heterocycles. The lowest BCUT2D eigenvalue weighted by atomic mass is 10.1. The van der Waals surface area contributed by atoms with Crippen LogP contribution in [0.4, 0.5) is 5.69 Å². The van der Waals surface area contributed by atoms with Crippen LogP contribution in [0.25, 0.3) is 0 Å². The first-order valence-electron chi connectivity index (χ1n) is 7.47. The van der Waals surface area contributed by atoms with E-state index in [0.29, 0.717) is 17.1 Å². The summed E-state index contributed by atoms with van der Waals surface area (Å²) in [6.07, 6.45) is 1.92. The van der Waals surface area contributed by atoms with Gasteiger partial charge in [0.25, 0.3) is 0 Å². The molecular weight excluding hydrogens is 326 g/mol. The van der Waals surface area contributed by atoms with Crippen molar-refractivity contribution in [3.05, 3.63) is 71.0 Å². The van der Waals surface area contributed by atoms with Gasteiger partial charge in [-0.2, -0.15) is 0 Å². The van der Waals surface area contributed by atoms with Crippen molar-refractivity contribution in [3.63, 3.8) is 0 Å². The molecule has 1 amide bonds. The zero-order chi connectivity index (χ0) is 16.9. The number of amides is 1. The predicted octanol–water partition coefficient (Wildman–Crippen LogP) is 3.06. The number of benzene rings is 2. The van der Waals surface area contributed by atoms with Crippen molar-refractivity contribution in [1.29, 1.82) is 0 Å². The van der Waals surface area contributed by atoms with E-state index in [2.05, 4.69) is 20.8 Å². The Bertz CT molecular complexity index is 820. The summed E-state index contributed by atoms with van der Waals surface area (Å²) in [5, 5.41) is 14.6. The second-order valence-corrected chi connectivity index (χ2v) is 5.86. The molecule has 1 heterocycles. The molecule has 3 rings (SSSR count). The van der Waals surface area contributed by atoms with Gasteiger partial charge in [-0.15, -0.1) is 5.10 Å². The van der Waals surface area contributed by atoms with Crippen LogP contribution in [-0.4, -0.2) is 26.1 Å². The van der Waals surface area contributed by atoms with Gasteiger partial charge in [-0.1, -0.05) is 48.0 Å².